The van der Waals surface area contributed by atoms with Gasteiger partial charge < -0.3 is 9.15 Å². The zero-order valence-electron chi connectivity index (χ0n) is 17.8. The van der Waals surface area contributed by atoms with E-state index in [1.807, 2.05) is 49.4 Å². The number of halogens is 1. The summed E-state index contributed by atoms with van der Waals surface area (Å²) in [7, 11) is 0. The van der Waals surface area contributed by atoms with Crippen LogP contribution in [0, 0.1) is 12.7 Å². The number of fused-ring (bicyclic) bond motifs is 4. The summed E-state index contributed by atoms with van der Waals surface area (Å²) in [6, 6.07) is 21.3. The van der Waals surface area contributed by atoms with Gasteiger partial charge in [-0.1, -0.05) is 42.0 Å². The van der Waals surface area contributed by atoms with Gasteiger partial charge in [0.25, 0.3) is 0 Å². The highest BCUT2D eigenvalue weighted by molar-refractivity contribution is 6.15. The molecule has 0 unspecified atom stereocenters. The van der Waals surface area contributed by atoms with E-state index in [0.29, 0.717) is 34.3 Å². The van der Waals surface area contributed by atoms with Crippen LogP contribution in [0.15, 0.2) is 83.4 Å². The number of benzene rings is 3. The third-order valence-electron chi connectivity index (χ3n) is 5.95. The van der Waals surface area contributed by atoms with Crippen LogP contribution in [0.1, 0.15) is 27.2 Å². The zero-order valence-corrected chi connectivity index (χ0v) is 17.8. The lowest BCUT2D eigenvalue weighted by atomic mass is 9.95. The van der Waals surface area contributed by atoms with Crippen molar-refractivity contribution < 1.29 is 18.3 Å². The van der Waals surface area contributed by atoms with Crippen LogP contribution in [0.2, 0.25) is 0 Å². The van der Waals surface area contributed by atoms with Gasteiger partial charge in [-0.2, -0.15) is 0 Å². The molecule has 0 radical (unpaired) electrons. The molecule has 1 aliphatic rings. The molecule has 0 fully saturated rings. The number of para-hydroxylation sites is 1. The molecular formula is C28H18FNO3. The van der Waals surface area contributed by atoms with Gasteiger partial charge in [-0.05, 0) is 43.3 Å². The minimum atomic E-state index is -0.401. The quantitative estimate of drug-likeness (QED) is 0.295. The predicted molar refractivity (Wildman–Crippen MR) is 124 cm³/mol. The Hall–Kier alpha value is -4.25. The highest BCUT2D eigenvalue weighted by Gasteiger charge is 2.26. The summed E-state index contributed by atoms with van der Waals surface area (Å²) in [5, 5.41) is 0.532. The van der Waals surface area contributed by atoms with Gasteiger partial charge in [0.1, 0.15) is 23.8 Å². The Labute approximate surface area is 189 Å². The number of aromatic nitrogens is 1. The first kappa shape index (κ1) is 19.4. The summed E-state index contributed by atoms with van der Waals surface area (Å²) in [5.41, 5.74) is 5.87. The fraction of sp³-hybridized carbons (Fsp3) is 0.0714. The van der Waals surface area contributed by atoms with Crippen molar-refractivity contribution >= 4 is 16.8 Å². The van der Waals surface area contributed by atoms with Crippen molar-refractivity contribution in [3.05, 3.63) is 107 Å². The zero-order chi connectivity index (χ0) is 22.5. The second-order valence-electron chi connectivity index (χ2n) is 8.16. The van der Waals surface area contributed by atoms with E-state index < -0.39 is 5.82 Å². The lowest BCUT2D eigenvalue weighted by Crippen LogP contribution is -2.07. The van der Waals surface area contributed by atoms with Crippen LogP contribution < -0.4 is 4.74 Å². The van der Waals surface area contributed by atoms with Crippen LogP contribution in [0.5, 0.6) is 5.75 Å². The smallest absolute Gasteiger partial charge is 0.228 e. The Bertz CT molecular complexity index is 1550. The fourth-order valence-corrected chi connectivity index (χ4v) is 4.30. The van der Waals surface area contributed by atoms with Crippen LogP contribution >= 0.6 is 0 Å². The first-order valence-electron chi connectivity index (χ1n) is 10.6. The molecule has 4 nitrogen and oxygen atoms in total. The normalized spacial score (nSPS) is 12.2. The maximum atomic E-state index is 14.2. The number of hydrogen-bond donors (Lipinski definition) is 0. The number of aryl methyl sites for hydroxylation is 1. The SMILES string of the molecule is Cc1ccc(C(=O)c2oc3ccc(F)cc3c2-c2cnc3c(c2)COc2ccccc2-3)cc1. The second-order valence-corrected chi connectivity index (χ2v) is 8.16. The van der Waals surface area contributed by atoms with Crippen LogP contribution in [0.3, 0.4) is 0 Å². The Balaban J connectivity index is 1.55. The number of ketones is 1. The van der Waals surface area contributed by atoms with Crippen molar-refractivity contribution in [2.45, 2.75) is 13.5 Å². The van der Waals surface area contributed by atoms with Gasteiger partial charge in [-0.3, -0.25) is 9.78 Å². The summed E-state index contributed by atoms with van der Waals surface area (Å²) in [4.78, 5) is 18.1. The molecule has 33 heavy (non-hydrogen) atoms. The minimum absolute atomic E-state index is 0.165. The number of carbonyl (C=O) groups is 1. The summed E-state index contributed by atoms with van der Waals surface area (Å²) in [6.45, 7) is 2.32. The number of hydrogen-bond acceptors (Lipinski definition) is 4. The largest absolute Gasteiger partial charge is 0.488 e. The molecule has 0 atom stereocenters. The molecule has 0 amide bonds. The maximum Gasteiger partial charge on any atom is 0.228 e. The lowest BCUT2D eigenvalue weighted by Gasteiger charge is -2.20. The minimum Gasteiger partial charge on any atom is -0.488 e. The Morgan fingerprint density at radius 2 is 1.82 bits per heavy atom. The van der Waals surface area contributed by atoms with E-state index in [4.69, 9.17) is 14.1 Å². The molecule has 3 aromatic carbocycles. The molecule has 1 aliphatic heterocycles. The second kappa shape index (κ2) is 7.41. The summed E-state index contributed by atoms with van der Waals surface area (Å²) in [6.07, 6.45) is 1.71. The third kappa shape index (κ3) is 3.21. The predicted octanol–water partition coefficient (Wildman–Crippen LogP) is 6.73. The number of furan rings is 1. The van der Waals surface area contributed by atoms with Gasteiger partial charge in [0.05, 0.1) is 5.69 Å². The molecule has 0 spiro atoms. The van der Waals surface area contributed by atoms with Crippen molar-refractivity contribution in [2.75, 3.05) is 0 Å². The summed E-state index contributed by atoms with van der Waals surface area (Å²) >= 11 is 0. The van der Waals surface area contributed by atoms with Gasteiger partial charge in [-0.25, -0.2) is 4.39 Å². The first-order chi connectivity index (χ1) is 16.1. The molecule has 0 aliphatic carbocycles. The van der Waals surface area contributed by atoms with E-state index in [0.717, 1.165) is 28.1 Å². The Morgan fingerprint density at radius 1 is 1.00 bits per heavy atom. The van der Waals surface area contributed by atoms with E-state index in [1.54, 1.807) is 24.4 Å². The van der Waals surface area contributed by atoms with E-state index in [-0.39, 0.29) is 11.5 Å². The van der Waals surface area contributed by atoms with Crippen molar-refractivity contribution in [3.63, 3.8) is 0 Å². The summed E-state index contributed by atoms with van der Waals surface area (Å²) < 4.78 is 26.1. The number of rotatable bonds is 3. The monoisotopic (exact) mass is 435 g/mol. The van der Waals surface area contributed by atoms with E-state index in [1.165, 1.54) is 12.1 Å². The molecule has 0 saturated heterocycles. The van der Waals surface area contributed by atoms with Crippen molar-refractivity contribution in [1.82, 2.24) is 4.98 Å². The van der Waals surface area contributed by atoms with Gasteiger partial charge in [-0.15, -0.1) is 0 Å². The lowest BCUT2D eigenvalue weighted by molar-refractivity contribution is 0.101. The molecule has 160 valence electrons. The van der Waals surface area contributed by atoms with Gasteiger partial charge in [0.15, 0.2) is 5.76 Å². The van der Waals surface area contributed by atoms with Crippen molar-refractivity contribution in [1.29, 1.82) is 0 Å². The van der Waals surface area contributed by atoms with Crippen LogP contribution in [-0.2, 0) is 6.61 Å². The Morgan fingerprint density at radius 3 is 2.67 bits per heavy atom. The van der Waals surface area contributed by atoms with Crippen molar-refractivity contribution in [2.24, 2.45) is 0 Å². The fourth-order valence-electron chi connectivity index (χ4n) is 4.30. The van der Waals surface area contributed by atoms with E-state index in [9.17, 15) is 9.18 Å². The third-order valence-corrected chi connectivity index (χ3v) is 5.95. The molecular weight excluding hydrogens is 417 g/mol. The van der Waals surface area contributed by atoms with Gasteiger partial charge in [0.2, 0.25) is 5.78 Å². The molecule has 6 rings (SSSR count). The maximum absolute atomic E-state index is 14.2. The van der Waals surface area contributed by atoms with E-state index in [2.05, 4.69) is 0 Å². The number of carbonyl (C=O) groups excluding carboxylic acids is 1. The first-order valence-corrected chi connectivity index (χ1v) is 10.6. The van der Waals surface area contributed by atoms with Gasteiger partial charge in [0, 0.05) is 39.4 Å². The number of pyridine rings is 1. The standard InChI is InChI=1S/C28H18FNO3/c1-16-6-8-17(9-7-16)27(31)28-25(22-13-20(29)10-11-24(22)33-28)18-12-19-15-32-23-5-3-2-4-21(23)26(19)30-14-18/h2-14H,15H2,1H3. The molecule has 2 aromatic heterocycles. The number of ether oxygens (including phenoxy) is 1. The summed E-state index contributed by atoms with van der Waals surface area (Å²) in [5.74, 6) is 0.289. The highest BCUT2D eigenvalue weighted by atomic mass is 19.1. The van der Waals surface area contributed by atoms with Crippen LogP contribution in [0.25, 0.3) is 33.4 Å². The van der Waals surface area contributed by atoms with Gasteiger partial charge >= 0.3 is 0 Å². The topological polar surface area (TPSA) is 52.3 Å². The van der Waals surface area contributed by atoms with Crippen molar-refractivity contribution in [3.8, 4) is 28.1 Å². The molecule has 5 heteroatoms. The average molecular weight is 435 g/mol. The molecule has 0 saturated carbocycles. The molecule has 5 aromatic rings. The molecule has 0 N–H and O–H groups in total. The number of nitrogens with zero attached hydrogens (tertiary/aromatic N) is 1. The average Bonchev–Trinajstić information content (AvgIpc) is 3.22. The van der Waals surface area contributed by atoms with Crippen LogP contribution in [0.4, 0.5) is 4.39 Å². The Kier molecular flexibility index (Phi) is 4.37. The van der Waals surface area contributed by atoms with E-state index >= 15 is 0 Å². The molecule has 3 heterocycles. The van der Waals surface area contributed by atoms with Crippen LogP contribution in [-0.4, -0.2) is 10.8 Å². The highest BCUT2D eigenvalue weighted by Crippen LogP contribution is 2.40. The molecule has 0 bridgehead atoms.